The molecule has 1 fully saturated rings. The molecule has 1 atom stereocenters. The van der Waals surface area contributed by atoms with Crippen LogP contribution in [0.25, 0.3) is 0 Å². The number of methoxy groups -OCH3 is 1. The molecule has 0 saturated carbocycles. The maximum atomic E-state index is 11.3. The van der Waals surface area contributed by atoms with Gasteiger partial charge in [0.2, 0.25) is 0 Å². The Morgan fingerprint density at radius 3 is 2.70 bits per heavy atom. The molecule has 0 aromatic rings. The van der Waals surface area contributed by atoms with Gasteiger partial charge in [-0.25, -0.2) is 0 Å². The predicted molar refractivity (Wildman–Crippen MR) is 77.8 cm³/mol. The van der Waals surface area contributed by atoms with Crippen molar-refractivity contribution in [1.29, 1.82) is 0 Å². The quantitative estimate of drug-likeness (QED) is 0.382. The first kappa shape index (κ1) is 16.7. The smallest absolute Gasteiger partial charge is 0.310 e. The van der Waals surface area contributed by atoms with Gasteiger partial charge in [0, 0.05) is 39.8 Å². The van der Waals surface area contributed by atoms with Gasteiger partial charge < -0.3 is 20.1 Å². The van der Waals surface area contributed by atoms with Crippen molar-refractivity contribution in [2.75, 3.05) is 60.1 Å². The number of carbonyl (C=O) groups is 1. The van der Waals surface area contributed by atoms with Crippen molar-refractivity contribution in [3.05, 3.63) is 0 Å². The van der Waals surface area contributed by atoms with Crippen LogP contribution in [0, 0.1) is 5.92 Å². The second kappa shape index (κ2) is 9.55. The standard InChI is InChI=1S/C13H26N4O3/c1-11(12(18)19-3)10-16-13(14-2)15-4-5-17-6-8-20-9-7-17/h11H,4-10H2,1-3H3,(H2,14,15,16). The van der Waals surface area contributed by atoms with Crippen LogP contribution in [0.3, 0.4) is 0 Å². The summed E-state index contributed by atoms with van der Waals surface area (Å²) in [5.74, 6) is 0.285. The lowest BCUT2D eigenvalue weighted by Gasteiger charge is -2.26. The molecule has 1 rings (SSSR count). The molecule has 0 radical (unpaired) electrons. The van der Waals surface area contributed by atoms with E-state index in [1.54, 1.807) is 7.05 Å². The van der Waals surface area contributed by atoms with Crippen LogP contribution in [0.1, 0.15) is 6.92 Å². The molecule has 7 nitrogen and oxygen atoms in total. The fourth-order valence-electron chi connectivity index (χ4n) is 1.91. The Bertz CT molecular complexity index is 317. The topological polar surface area (TPSA) is 75.2 Å². The van der Waals surface area contributed by atoms with Gasteiger partial charge >= 0.3 is 5.97 Å². The Labute approximate surface area is 120 Å². The molecule has 20 heavy (non-hydrogen) atoms. The first-order valence-electron chi connectivity index (χ1n) is 6.99. The summed E-state index contributed by atoms with van der Waals surface area (Å²) in [6.07, 6.45) is 0. The minimum Gasteiger partial charge on any atom is -0.469 e. The number of guanidine groups is 1. The number of aliphatic imine (C=N–C) groups is 1. The van der Waals surface area contributed by atoms with Crippen LogP contribution >= 0.6 is 0 Å². The van der Waals surface area contributed by atoms with Crippen molar-refractivity contribution in [3.8, 4) is 0 Å². The van der Waals surface area contributed by atoms with E-state index in [1.807, 2.05) is 6.92 Å². The second-order valence-corrected chi connectivity index (χ2v) is 4.76. The third-order valence-corrected chi connectivity index (χ3v) is 3.23. The Balaban J connectivity index is 2.17. The summed E-state index contributed by atoms with van der Waals surface area (Å²) in [4.78, 5) is 17.8. The van der Waals surface area contributed by atoms with Gasteiger partial charge in [-0.05, 0) is 0 Å². The second-order valence-electron chi connectivity index (χ2n) is 4.76. The van der Waals surface area contributed by atoms with Crippen LogP contribution in [0.2, 0.25) is 0 Å². The molecule has 1 aliphatic heterocycles. The summed E-state index contributed by atoms with van der Waals surface area (Å²) in [5.41, 5.74) is 0. The van der Waals surface area contributed by atoms with Crippen LogP contribution in [0.15, 0.2) is 4.99 Å². The first-order valence-corrected chi connectivity index (χ1v) is 6.99. The molecule has 7 heteroatoms. The zero-order valence-corrected chi connectivity index (χ0v) is 12.6. The third kappa shape index (κ3) is 6.21. The van der Waals surface area contributed by atoms with Crippen LogP contribution in [0.5, 0.6) is 0 Å². The molecule has 1 saturated heterocycles. The lowest BCUT2D eigenvalue weighted by atomic mass is 10.2. The fraction of sp³-hybridized carbons (Fsp3) is 0.846. The average molecular weight is 286 g/mol. The van der Waals surface area contributed by atoms with E-state index >= 15 is 0 Å². The van der Waals surface area contributed by atoms with E-state index in [0.29, 0.717) is 12.5 Å². The molecule has 1 aliphatic rings. The molecular weight excluding hydrogens is 260 g/mol. The van der Waals surface area contributed by atoms with Gasteiger partial charge in [0.05, 0.1) is 26.2 Å². The van der Waals surface area contributed by atoms with E-state index in [1.165, 1.54) is 7.11 Å². The lowest BCUT2D eigenvalue weighted by Crippen LogP contribution is -2.45. The van der Waals surface area contributed by atoms with Crippen molar-refractivity contribution < 1.29 is 14.3 Å². The SMILES string of the molecule is CN=C(NCCN1CCOCC1)NCC(C)C(=O)OC. The van der Waals surface area contributed by atoms with Gasteiger partial charge in [-0.15, -0.1) is 0 Å². The fourth-order valence-corrected chi connectivity index (χ4v) is 1.91. The van der Waals surface area contributed by atoms with E-state index in [9.17, 15) is 4.79 Å². The Morgan fingerprint density at radius 1 is 1.40 bits per heavy atom. The zero-order chi connectivity index (χ0) is 14.8. The number of hydrogen-bond acceptors (Lipinski definition) is 5. The molecule has 0 aromatic carbocycles. The van der Waals surface area contributed by atoms with Crippen molar-refractivity contribution >= 4 is 11.9 Å². The Hall–Kier alpha value is -1.34. The van der Waals surface area contributed by atoms with Gasteiger partial charge in [-0.2, -0.15) is 0 Å². The summed E-state index contributed by atoms with van der Waals surface area (Å²) >= 11 is 0. The molecule has 1 unspecified atom stereocenters. The third-order valence-electron chi connectivity index (χ3n) is 3.23. The number of morpholine rings is 1. The van der Waals surface area contributed by atoms with Crippen LogP contribution in [-0.4, -0.2) is 76.9 Å². The Kier molecular flexibility index (Phi) is 7.98. The van der Waals surface area contributed by atoms with Gasteiger partial charge in [0.25, 0.3) is 0 Å². The summed E-state index contributed by atoms with van der Waals surface area (Å²) in [6.45, 7) is 7.67. The van der Waals surface area contributed by atoms with E-state index in [-0.39, 0.29) is 11.9 Å². The highest BCUT2D eigenvalue weighted by Crippen LogP contribution is 1.96. The maximum absolute atomic E-state index is 11.3. The number of carbonyl (C=O) groups excluding carboxylic acids is 1. The minimum absolute atomic E-state index is 0.196. The largest absolute Gasteiger partial charge is 0.469 e. The molecule has 0 bridgehead atoms. The highest BCUT2D eigenvalue weighted by molar-refractivity contribution is 5.80. The van der Waals surface area contributed by atoms with Gasteiger partial charge in [0.1, 0.15) is 0 Å². The summed E-state index contributed by atoms with van der Waals surface area (Å²) in [7, 11) is 3.11. The van der Waals surface area contributed by atoms with Crippen molar-refractivity contribution in [2.45, 2.75) is 6.92 Å². The number of nitrogens with one attached hydrogen (secondary N) is 2. The summed E-state index contributed by atoms with van der Waals surface area (Å²) < 4.78 is 9.99. The number of ether oxygens (including phenoxy) is 2. The van der Waals surface area contributed by atoms with Gasteiger partial charge in [-0.1, -0.05) is 6.92 Å². The van der Waals surface area contributed by atoms with Crippen molar-refractivity contribution in [2.24, 2.45) is 10.9 Å². The first-order chi connectivity index (χ1) is 9.67. The molecular formula is C13H26N4O3. The molecule has 0 aromatic heterocycles. The number of hydrogen-bond donors (Lipinski definition) is 2. The van der Waals surface area contributed by atoms with Crippen LogP contribution < -0.4 is 10.6 Å². The maximum Gasteiger partial charge on any atom is 0.310 e. The normalized spacial score (nSPS) is 18.4. The monoisotopic (exact) mass is 286 g/mol. The summed E-state index contributed by atoms with van der Waals surface area (Å²) in [5, 5.41) is 6.35. The minimum atomic E-state index is -0.221. The highest BCUT2D eigenvalue weighted by atomic mass is 16.5. The Morgan fingerprint density at radius 2 is 2.10 bits per heavy atom. The average Bonchev–Trinajstić information content (AvgIpc) is 2.50. The highest BCUT2D eigenvalue weighted by Gasteiger charge is 2.13. The number of rotatable bonds is 6. The van der Waals surface area contributed by atoms with Gasteiger partial charge in [0.15, 0.2) is 5.96 Å². The molecule has 0 amide bonds. The molecule has 116 valence electrons. The van der Waals surface area contributed by atoms with Crippen LogP contribution in [0.4, 0.5) is 0 Å². The van der Waals surface area contributed by atoms with Crippen molar-refractivity contribution in [1.82, 2.24) is 15.5 Å². The molecule has 0 spiro atoms. The van der Waals surface area contributed by atoms with Gasteiger partial charge in [-0.3, -0.25) is 14.7 Å². The van der Waals surface area contributed by atoms with E-state index < -0.39 is 0 Å². The number of esters is 1. The molecule has 0 aliphatic carbocycles. The summed E-state index contributed by atoms with van der Waals surface area (Å²) in [6, 6.07) is 0. The molecule has 2 N–H and O–H groups in total. The number of nitrogens with zero attached hydrogens (tertiary/aromatic N) is 2. The molecule has 1 heterocycles. The van der Waals surface area contributed by atoms with E-state index in [2.05, 4.69) is 25.3 Å². The predicted octanol–water partition coefficient (Wildman–Crippen LogP) is -0.707. The lowest BCUT2D eigenvalue weighted by molar-refractivity contribution is -0.144. The van der Waals surface area contributed by atoms with E-state index in [0.717, 1.165) is 39.4 Å². The van der Waals surface area contributed by atoms with Crippen LogP contribution in [-0.2, 0) is 14.3 Å². The zero-order valence-electron chi connectivity index (χ0n) is 12.6. The van der Waals surface area contributed by atoms with E-state index in [4.69, 9.17) is 4.74 Å². The van der Waals surface area contributed by atoms with Crippen molar-refractivity contribution in [3.63, 3.8) is 0 Å².